The molecule has 1 unspecified atom stereocenters. The lowest BCUT2D eigenvalue weighted by Crippen LogP contribution is -2.56. The SMILES string of the molecule is CCCCCCCCC(CCCCCC)Cn1nc2c(C)ccc(-c3ccc(-c4ccc(-c5ccc6c(c5)C(CCCCCC[N+]5(CCO)CCOCC5)(CCCCCC[N+]5(CCO)CCOCC5)c5cc(-c7ccc(-c8ccc(C)s8)s7)ccc5-6)s4)s3)c2n1. The van der Waals surface area contributed by atoms with Crippen molar-refractivity contribution in [3.63, 3.8) is 0 Å². The number of unbranched alkanes of at least 4 members (excludes halogenated alkanes) is 14. The minimum absolute atomic E-state index is 0.126. The van der Waals surface area contributed by atoms with E-state index >= 15 is 0 Å². The van der Waals surface area contributed by atoms with Crippen molar-refractivity contribution in [1.29, 1.82) is 0 Å². The molecule has 0 saturated carbocycles. The Morgan fingerprint density at radius 3 is 1.41 bits per heavy atom. The van der Waals surface area contributed by atoms with Crippen LogP contribution in [0.25, 0.3) is 73.0 Å². The molecular formula is C77H105N5O4S4+2. The van der Waals surface area contributed by atoms with Crippen molar-refractivity contribution in [2.24, 2.45) is 5.92 Å². The van der Waals surface area contributed by atoms with Crippen LogP contribution < -0.4 is 0 Å². The number of fused-ring (bicyclic) bond motifs is 4. The quantitative estimate of drug-likeness (QED) is 0.0298. The van der Waals surface area contributed by atoms with E-state index in [4.69, 9.17) is 19.7 Å². The zero-order chi connectivity index (χ0) is 62.2. The number of benzene rings is 3. The molecule has 2 N–H and O–H groups in total. The van der Waals surface area contributed by atoms with E-state index in [0.29, 0.717) is 5.92 Å². The van der Waals surface area contributed by atoms with Crippen LogP contribution in [0.5, 0.6) is 0 Å². The van der Waals surface area contributed by atoms with E-state index < -0.39 is 0 Å². The maximum atomic E-state index is 10.1. The molecule has 2 saturated heterocycles. The van der Waals surface area contributed by atoms with Gasteiger partial charge in [0.15, 0.2) is 0 Å². The maximum absolute atomic E-state index is 10.1. The van der Waals surface area contributed by atoms with E-state index in [-0.39, 0.29) is 18.6 Å². The Morgan fingerprint density at radius 2 is 0.889 bits per heavy atom. The number of hydrogen-bond donors (Lipinski definition) is 2. The minimum atomic E-state index is -0.126. The van der Waals surface area contributed by atoms with Crippen LogP contribution in [0, 0.1) is 19.8 Å². The largest absolute Gasteiger partial charge is 0.391 e. The molecule has 0 radical (unpaired) electrons. The lowest BCUT2D eigenvalue weighted by molar-refractivity contribution is -0.935. The summed E-state index contributed by atoms with van der Waals surface area (Å²) in [6.45, 7) is 21.6. The molecule has 0 bridgehead atoms. The van der Waals surface area contributed by atoms with Gasteiger partial charge in [0.2, 0.25) is 0 Å². The van der Waals surface area contributed by atoms with E-state index in [2.05, 4.69) is 130 Å². The summed E-state index contributed by atoms with van der Waals surface area (Å²) < 4.78 is 13.6. The van der Waals surface area contributed by atoms with Crippen LogP contribution in [0.3, 0.4) is 0 Å². The lowest BCUT2D eigenvalue weighted by Gasteiger charge is -2.41. The number of aliphatic hydroxyl groups excluding tert-OH is 2. The van der Waals surface area contributed by atoms with E-state index in [1.807, 2.05) is 45.3 Å². The van der Waals surface area contributed by atoms with E-state index in [9.17, 15) is 10.2 Å². The highest BCUT2D eigenvalue weighted by atomic mass is 32.1. The van der Waals surface area contributed by atoms with Gasteiger partial charge >= 0.3 is 0 Å². The summed E-state index contributed by atoms with van der Waals surface area (Å²) in [5.74, 6) is 0.611. The highest BCUT2D eigenvalue weighted by molar-refractivity contribution is 7.25. The Balaban J connectivity index is 0.871. The molecule has 0 spiro atoms. The number of morpholine rings is 2. The molecule has 7 heterocycles. The first-order chi connectivity index (χ1) is 44.1. The van der Waals surface area contributed by atoms with Gasteiger partial charge in [0.1, 0.15) is 50.3 Å². The minimum Gasteiger partial charge on any atom is -0.391 e. The summed E-state index contributed by atoms with van der Waals surface area (Å²) in [6, 6.07) is 38.2. The fraction of sp³-hybridized carbons (Fsp3) is 0.558. The number of aliphatic hydroxyl groups is 2. The fourth-order valence-corrected chi connectivity index (χ4v) is 19.5. The zero-order valence-corrected chi connectivity index (χ0v) is 58.3. The van der Waals surface area contributed by atoms with Gasteiger partial charge < -0.3 is 28.7 Å². The molecule has 1 aliphatic carbocycles. The second kappa shape index (κ2) is 32.6. The lowest BCUT2D eigenvalue weighted by atomic mass is 9.70. The molecule has 8 aromatic rings. The van der Waals surface area contributed by atoms with Crippen LogP contribution in [0.15, 0.2) is 97.1 Å². The van der Waals surface area contributed by atoms with Crippen LogP contribution in [-0.2, 0) is 21.4 Å². The molecule has 9 nitrogen and oxygen atoms in total. The third kappa shape index (κ3) is 16.4. The number of thiophene rings is 4. The van der Waals surface area contributed by atoms with Crippen molar-refractivity contribution in [1.82, 2.24) is 15.0 Å². The number of aryl methyl sites for hydroxylation is 2. The van der Waals surface area contributed by atoms with Gasteiger partial charge in [-0.25, -0.2) is 0 Å². The summed E-state index contributed by atoms with van der Waals surface area (Å²) in [6.07, 6.45) is 27.6. The monoisotopic (exact) mass is 1290 g/mol. The Kier molecular flexibility index (Phi) is 24.3. The van der Waals surface area contributed by atoms with Crippen molar-refractivity contribution >= 4 is 56.4 Å². The highest BCUT2D eigenvalue weighted by Crippen LogP contribution is 2.57. The van der Waals surface area contributed by atoms with Crippen LogP contribution in [-0.4, -0.2) is 126 Å². The van der Waals surface area contributed by atoms with Gasteiger partial charge in [-0.1, -0.05) is 140 Å². The standard InChI is InChI=1S/C77H105N5O4S4/c1-5-7-9-11-12-18-24-60(23-17-10-8-6-2)57-80-78-75-58(3)25-29-65(76(75)79-80)70-35-38-74(90-70)73-37-34-69(89-73)62-28-31-64-63-30-27-61(68-33-36-72(88-68)71-32-26-59(4)87-71)55-66(63)77(67(64)56-62,39-19-13-15-21-41-81(43-49-83)45-51-85-52-46-81)40-20-14-16-22-42-82(44-50-84)47-53-86-54-48-82/h25-38,55-56,60,83-84H,5-24,39-54,57H2,1-4H3/q+2. The maximum Gasteiger partial charge on any atom is 0.122 e. The molecule has 5 aromatic heterocycles. The second-order valence-electron chi connectivity index (χ2n) is 27.1. The first kappa shape index (κ1) is 67.1. The molecule has 1 atom stereocenters. The number of rotatable bonds is 37. The summed E-state index contributed by atoms with van der Waals surface area (Å²) in [5.41, 5.74) is 12.8. The number of ether oxygens (including phenoxy) is 2. The zero-order valence-electron chi connectivity index (χ0n) is 55.1. The van der Waals surface area contributed by atoms with Gasteiger partial charge in [-0.3, -0.25) is 0 Å². The third-order valence-electron chi connectivity index (χ3n) is 20.8. The number of nitrogens with zero attached hydrogens (tertiary/aromatic N) is 5. The van der Waals surface area contributed by atoms with Gasteiger partial charge in [-0.2, -0.15) is 15.0 Å². The molecule has 484 valence electrons. The topological polar surface area (TPSA) is 89.6 Å². The van der Waals surface area contributed by atoms with Crippen LogP contribution in [0.1, 0.15) is 177 Å². The van der Waals surface area contributed by atoms with Gasteiger partial charge in [-0.05, 0) is 171 Å². The summed E-state index contributed by atoms with van der Waals surface area (Å²) in [7, 11) is 0. The van der Waals surface area contributed by atoms with Crippen molar-refractivity contribution in [3.05, 3.63) is 119 Å². The number of hydrogen-bond acceptors (Lipinski definition) is 10. The predicted octanol–water partition coefficient (Wildman–Crippen LogP) is 19.8. The predicted molar refractivity (Wildman–Crippen MR) is 384 cm³/mol. The summed E-state index contributed by atoms with van der Waals surface area (Å²) >= 11 is 7.64. The van der Waals surface area contributed by atoms with Gasteiger partial charge in [0.25, 0.3) is 0 Å². The van der Waals surface area contributed by atoms with E-state index in [1.54, 1.807) is 0 Å². The second-order valence-corrected chi connectivity index (χ2v) is 31.7. The summed E-state index contributed by atoms with van der Waals surface area (Å²) in [4.78, 5) is 12.6. The number of aromatic nitrogens is 3. The Bertz CT molecular complexity index is 3450. The van der Waals surface area contributed by atoms with Crippen molar-refractivity contribution in [2.45, 2.75) is 181 Å². The third-order valence-corrected chi connectivity index (χ3v) is 25.6. The molecule has 0 amide bonds. The van der Waals surface area contributed by atoms with Crippen LogP contribution in [0.4, 0.5) is 0 Å². The van der Waals surface area contributed by atoms with E-state index in [0.717, 1.165) is 118 Å². The van der Waals surface area contributed by atoms with Crippen molar-refractivity contribution < 1.29 is 28.7 Å². The average molecular weight is 1290 g/mol. The van der Waals surface area contributed by atoms with Crippen LogP contribution >= 0.6 is 45.3 Å². The Labute approximate surface area is 555 Å². The average Bonchev–Trinajstić information content (AvgIpc) is 1.65. The van der Waals surface area contributed by atoms with Crippen molar-refractivity contribution in [2.75, 3.05) is 92.0 Å². The first-order valence-corrected chi connectivity index (χ1v) is 38.5. The molecular weight excluding hydrogens is 1190 g/mol. The van der Waals surface area contributed by atoms with Crippen molar-refractivity contribution in [3.8, 4) is 62.0 Å². The molecule has 3 aliphatic rings. The highest BCUT2D eigenvalue weighted by Gasteiger charge is 2.43. The van der Waals surface area contributed by atoms with Gasteiger partial charge in [0, 0.05) is 50.0 Å². The Morgan fingerprint density at radius 1 is 0.456 bits per heavy atom. The molecule has 2 fully saturated rings. The van der Waals surface area contributed by atoms with Crippen LogP contribution in [0.2, 0.25) is 0 Å². The molecule has 2 aliphatic heterocycles. The smallest absolute Gasteiger partial charge is 0.122 e. The van der Waals surface area contributed by atoms with Gasteiger partial charge in [-0.15, -0.1) is 45.3 Å². The normalized spacial score (nSPS) is 16.3. The molecule has 3 aromatic carbocycles. The Hall–Kier alpha value is -4.38. The summed E-state index contributed by atoms with van der Waals surface area (Å²) in [5, 5.41) is 30.8. The molecule has 90 heavy (non-hydrogen) atoms. The van der Waals surface area contributed by atoms with Gasteiger partial charge in [0.05, 0.1) is 59.3 Å². The first-order valence-electron chi connectivity index (χ1n) is 35.2. The van der Waals surface area contributed by atoms with E-state index in [1.165, 1.54) is 212 Å². The number of quaternary nitrogens is 2. The molecule has 11 rings (SSSR count). The molecule has 13 heteroatoms. The fourth-order valence-electron chi connectivity index (χ4n) is 15.4.